The number of aryl methyl sites for hydroxylation is 1. The van der Waals surface area contributed by atoms with Crippen molar-refractivity contribution in [1.82, 2.24) is 9.97 Å². The van der Waals surface area contributed by atoms with Gasteiger partial charge in [-0.25, -0.2) is 9.78 Å². The van der Waals surface area contributed by atoms with E-state index < -0.39 is 5.97 Å². The number of rotatable bonds is 3. The first-order valence-electron chi connectivity index (χ1n) is 5.43. The number of hydrogen-bond donors (Lipinski definition) is 1. The van der Waals surface area contributed by atoms with Crippen molar-refractivity contribution in [2.24, 2.45) is 0 Å². The Kier molecular flexibility index (Phi) is 3.66. The van der Waals surface area contributed by atoms with Crippen LogP contribution in [0.15, 0.2) is 24.5 Å². The minimum Gasteiger partial charge on any atom is -0.496 e. The molecule has 1 N–H and O–H groups in total. The summed E-state index contributed by atoms with van der Waals surface area (Å²) in [7, 11) is 1.51. The van der Waals surface area contributed by atoms with E-state index in [9.17, 15) is 4.79 Å². The van der Waals surface area contributed by atoms with Crippen molar-refractivity contribution in [2.45, 2.75) is 6.92 Å². The molecule has 0 saturated carbocycles. The number of aromatic nitrogens is 2. The molecule has 0 fully saturated rings. The molecule has 2 aromatic rings. The average molecular weight is 279 g/mol. The predicted octanol–water partition coefficient (Wildman–Crippen LogP) is 2.81. The molecule has 19 heavy (non-hydrogen) atoms. The van der Waals surface area contributed by atoms with Gasteiger partial charge in [0.15, 0.2) is 5.69 Å². The molecular weight excluding hydrogens is 268 g/mol. The van der Waals surface area contributed by atoms with Crippen LogP contribution in [0, 0.1) is 6.92 Å². The molecule has 0 spiro atoms. The second-order valence-corrected chi connectivity index (χ2v) is 4.30. The van der Waals surface area contributed by atoms with Crippen LogP contribution >= 0.6 is 11.6 Å². The Labute approximate surface area is 114 Å². The standard InChI is InChI=1S/C13H11ClN2O3/c1-7-5-8(14)6-9(12(7)19-2)10-11(13(17)18)16-4-3-15-10/h3-6H,1-2H3,(H,17,18). The highest BCUT2D eigenvalue weighted by atomic mass is 35.5. The lowest BCUT2D eigenvalue weighted by molar-refractivity contribution is 0.0691. The SMILES string of the molecule is COc1c(C)cc(Cl)cc1-c1nccnc1C(=O)O. The Balaban J connectivity index is 2.75. The minimum absolute atomic E-state index is 0.137. The number of aromatic carboxylic acids is 1. The predicted molar refractivity (Wildman–Crippen MR) is 70.7 cm³/mol. The summed E-state index contributed by atoms with van der Waals surface area (Å²) in [5, 5.41) is 9.63. The highest BCUT2D eigenvalue weighted by Crippen LogP contribution is 2.35. The summed E-state index contributed by atoms with van der Waals surface area (Å²) in [5.41, 5.74) is 1.41. The normalized spacial score (nSPS) is 10.3. The van der Waals surface area contributed by atoms with Crippen LogP contribution in [0.4, 0.5) is 0 Å². The number of hydrogen-bond acceptors (Lipinski definition) is 4. The van der Waals surface area contributed by atoms with Crippen molar-refractivity contribution in [3.05, 3.63) is 40.8 Å². The van der Waals surface area contributed by atoms with E-state index in [1.165, 1.54) is 19.5 Å². The third kappa shape index (κ3) is 2.51. The van der Waals surface area contributed by atoms with Gasteiger partial charge in [-0.2, -0.15) is 0 Å². The van der Waals surface area contributed by atoms with Crippen molar-refractivity contribution >= 4 is 17.6 Å². The number of ether oxygens (including phenoxy) is 1. The van der Waals surface area contributed by atoms with Crippen LogP contribution in [0.1, 0.15) is 16.1 Å². The molecule has 0 unspecified atom stereocenters. The van der Waals surface area contributed by atoms with Gasteiger partial charge in [-0.05, 0) is 24.6 Å². The van der Waals surface area contributed by atoms with Crippen molar-refractivity contribution in [1.29, 1.82) is 0 Å². The highest BCUT2D eigenvalue weighted by Gasteiger charge is 2.19. The van der Waals surface area contributed by atoms with E-state index >= 15 is 0 Å². The Bertz CT molecular complexity index is 644. The third-order valence-electron chi connectivity index (χ3n) is 2.60. The first-order chi connectivity index (χ1) is 9.04. The number of methoxy groups -OCH3 is 1. The fourth-order valence-electron chi connectivity index (χ4n) is 1.87. The van der Waals surface area contributed by atoms with Crippen LogP contribution in [0.5, 0.6) is 5.75 Å². The summed E-state index contributed by atoms with van der Waals surface area (Å²) in [5.74, 6) is -0.616. The molecule has 1 aromatic heterocycles. The van der Waals surface area contributed by atoms with E-state index in [4.69, 9.17) is 21.4 Å². The average Bonchev–Trinajstić information content (AvgIpc) is 2.37. The monoisotopic (exact) mass is 278 g/mol. The number of halogens is 1. The highest BCUT2D eigenvalue weighted by molar-refractivity contribution is 6.31. The van der Waals surface area contributed by atoms with Gasteiger partial charge in [0.1, 0.15) is 11.4 Å². The molecule has 1 heterocycles. The van der Waals surface area contributed by atoms with Gasteiger partial charge < -0.3 is 9.84 Å². The summed E-state index contributed by atoms with van der Waals surface area (Å²) in [6.07, 6.45) is 2.76. The van der Waals surface area contributed by atoms with Crippen molar-refractivity contribution in [3.8, 4) is 17.0 Å². The zero-order valence-electron chi connectivity index (χ0n) is 10.3. The zero-order valence-corrected chi connectivity index (χ0v) is 11.1. The molecule has 5 nitrogen and oxygen atoms in total. The van der Waals surface area contributed by atoms with E-state index in [1.54, 1.807) is 12.1 Å². The summed E-state index contributed by atoms with van der Waals surface area (Å²) in [6, 6.07) is 3.35. The largest absolute Gasteiger partial charge is 0.496 e. The summed E-state index contributed by atoms with van der Waals surface area (Å²) < 4.78 is 5.30. The Hall–Kier alpha value is -2.14. The summed E-state index contributed by atoms with van der Waals surface area (Å²) >= 11 is 6.01. The summed E-state index contributed by atoms with van der Waals surface area (Å²) in [6.45, 7) is 1.82. The van der Waals surface area contributed by atoms with Crippen molar-refractivity contribution in [3.63, 3.8) is 0 Å². The van der Waals surface area contributed by atoms with Crippen LogP contribution in [0.3, 0.4) is 0 Å². The van der Waals surface area contributed by atoms with Crippen molar-refractivity contribution < 1.29 is 14.6 Å². The van der Waals surface area contributed by atoms with Crippen LogP contribution < -0.4 is 4.74 Å². The van der Waals surface area contributed by atoms with Gasteiger partial charge in [0.05, 0.1) is 7.11 Å². The molecule has 0 saturated heterocycles. The molecule has 0 radical (unpaired) electrons. The molecular formula is C13H11ClN2O3. The zero-order chi connectivity index (χ0) is 14.0. The molecule has 0 atom stereocenters. The van der Waals surface area contributed by atoms with E-state index in [1.807, 2.05) is 6.92 Å². The number of carboxylic acids is 1. The lowest BCUT2D eigenvalue weighted by Gasteiger charge is -2.12. The lowest BCUT2D eigenvalue weighted by atomic mass is 10.0. The molecule has 0 amide bonds. The van der Waals surface area contributed by atoms with Crippen LogP contribution in [0.25, 0.3) is 11.3 Å². The third-order valence-corrected chi connectivity index (χ3v) is 2.82. The lowest BCUT2D eigenvalue weighted by Crippen LogP contribution is -2.05. The molecule has 98 valence electrons. The van der Waals surface area contributed by atoms with Gasteiger partial charge in [0, 0.05) is 23.0 Å². The summed E-state index contributed by atoms with van der Waals surface area (Å²) in [4.78, 5) is 19.1. The fraction of sp³-hybridized carbons (Fsp3) is 0.154. The smallest absolute Gasteiger partial charge is 0.356 e. The quantitative estimate of drug-likeness (QED) is 0.934. The maximum Gasteiger partial charge on any atom is 0.356 e. The van der Waals surface area contributed by atoms with Crippen LogP contribution in [0.2, 0.25) is 5.02 Å². The van der Waals surface area contributed by atoms with Gasteiger partial charge in [0.25, 0.3) is 0 Å². The molecule has 2 rings (SSSR count). The van der Waals surface area contributed by atoms with Crippen LogP contribution in [-0.4, -0.2) is 28.2 Å². The first kappa shape index (κ1) is 13.3. The molecule has 0 bridgehead atoms. The van der Waals surface area contributed by atoms with Gasteiger partial charge in [0.2, 0.25) is 0 Å². The Morgan fingerprint density at radius 3 is 2.63 bits per heavy atom. The van der Waals surface area contributed by atoms with Gasteiger partial charge >= 0.3 is 5.97 Å². The van der Waals surface area contributed by atoms with E-state index in [2.05, 4.69) is 9.97 Å². The van der Waals surface area contributed by atoms with Gasteiger partial charge in [-0.15, -0.1) is 0 Å². The van der Waals surface area contributed by atoms with Gasteiger partial charge in [-0.1, -0.05) is 11.6 Å². The number of carboxylic acid groups (broad SMARTS) is 1. The molecule has 6 heteroatoms. The molecule has 1 aromatic carbocycles. The maximum absolute atomic E-state index is 11.2. The van der Waals surface area contributed by atoms with Crippen molar-refractivity contribution in [2.75, 3.05) is 7.11 Å². The second kappa shape index (κ2) is 5.24. The van der Waals surface area contributed by atoms with E-state index in [0.29, 0.717) is 16.3 Å². The van der Waals surface area contributed by atoms with E-state index in [-0.39, 0.29) is 11.4 Å². The maximum atomic E-state index is 11.2. The Morgan fingerprint density at radius 1 is 1.32 bits per heavy atom. The fourth-order valence-corrected chi connectivity index (χ4v) is 2.14. The number of benzene rings is 1. The van der Waals surface area contributed by atoms with Gasteiger partial charge in [-0.3, -0.25) is 4.98 Å². The Morgan fingerprint density at radius 2 is 2.00 bits per heavy atom. The molecule has 0 aliphatic heterocycles. The topological polar surface area (TPSA) is 72.3 Å². The molecule has 0 aliphatic rings. The van der Waals surface area contributed by atoms with Crippen LogP contribution in [-0.2, 0) is 0 Å². The minimum atomic E-state index is -1.15. The molecule has 0 aliphatic carbocycles. The number of nitrogens with zero attached hydrogens (tertiary/aromatic N) is 2. The number of carbonyl (C=O) groups is 1. The van der Waals surface area contributed by atoms with E-state index in [0.717, 1.165) is 5.56 Å². The first-order valence-corrected chi connectivity index (χ1v) is 5.81. The second-order valence-electron chi connectivity index (χ2n) is 3.86.